The molecule has 0 amide bonds. The van der Waals surface area contributed by atoms with E-state index >= 15 is 0 Å². The number of hydrogen-bond donors (Lipinski definition) is 2. The summed E-state index contributed by atoms with van der Waals surface area (Å²) in [7, 11) is 0. The zero-order valence-corrected chi connectivity index (χ0v) is 14.7. The summed E-state index contributed by atoms with van der Waals surface area (Å²) in [6, 6.07) is 14.9. The Labute approximate surface area is 157 Å². The third-order valence-electron chi connectivity index (χ3n) is 4.38. The first-order valence-electron chi connectivity index (χ1n) is 8.28. The maximum Gasteiger partial charge on any atom is 0.209 e. The topological polar surface area (TPSA) is 87.3 Å². The average molecular weight is 374 g/mol. The van der Waals surface area contributed by atoms with Gasteiger partial charge in [-0.25, -0.2) is 15.0 Å². The van der Waals surface area contributed by atoms with Crippen molar-refractivity contribution in [2.75, 3.05) is 0 Å². The number of fused-ring (bicyclic) bond motifs is 2. The summed E-state index contributed by atoms with van der Waals surface area (Å²) in [4.78, 5) is 31.9. The number of H-pyrrole nitrogens is 2. The van der Waals surface area contributed by atoms with Crippen LogP contribution in [0.5, 0.6) is 0 Å². The highest BCUT2D eigenvalue weighted by Crippen LogP contribution is 2.33. The quantitative estimate of drug-likeness (QED) is 0.486. The molecule has 3 aromatic heterocycles. The minimum absolute atomic E-state index is 0.189. The normalized spacial score (nSPS) is 11.3. The molecule has 7 heteroatoms. The van der Waals surface area contributed by atoms with Crippen LogP contribution in [0.25, 0.3) is 44.7 Å². The van der Waals surface area contributed by atoms with E-state index < -0.39 is 0 Å². The zero-order valence-electron chi connectivity index (χ0n) is 13.9. The van der Waals surface area contributed by atoms with Crippen molar-refractivity contribution < 1.29 is 0 Å². The van der Waals surface area contributed by atoms with Gasteiger partial charge in [0, 0.05) is 23.4 Å². The second-order valence-corrected chi connectivity index (χ2v) is 6.49. The molecule has 0 atom stereocenters. The van der Waals surface area contributed by atoms with Gasteiger partial charge in [0.2, 0.25) is 5.43 Å². The molecule has 3 heterocycles. The maximum atomic E-state index is 12.3. The molecule has 2 aromatic carbocycles. The summed E-state index contributed by atoms with van der Waals surface area (Å²) in [5.41, 5.74) is 4.93. The Balaban J connectivity index is 1.88. The first-order valence-corrected chi connectivity index (χ1v) is 8.66. The minimum Gasteiger partial charge on any atom is -0.345 e. The fourth-order valence-corrected chi connectivity index (χ4v) is 3.39. The Bertz CT molecular complexity index is 1360. The van der Waals surface area contributed by atoms with Crippen LogP contribution in [0.3, 0.4) is 0 Å². The van der Waals surface area contributed by atoms with Crippen LogP contribution in [0.15, 0.2) is 65.8 Å². The molecular formula is C20H12ClN5O. The Hall–Kier alpha value is -3.51. The second kappa shape index (κ2) is 6.03. The van der Waals surface area contributed by atoms with Crippen LogP contribution in [-0.4, -0.2) is 24.9 Å². The molecule has 27 heavy (non-hydrogen) atoms. The van der Waals surface area contributed by atoms with Gasteiger partial charge in [-0.2, -0.15) is 0 Å². The molecule has 0 aliphatic carbocycles. The van der Waals surface area contributed by atoms with Gasteiger partial charge in [-0.3, -0.25) is 4.79 Å². The van der Waals surface area contributed by atoms with Crippen LogP contribution in [0, 0.1) is 0 Å². The summed E-state index contributed by atoms with van der Waals surface area (Å²) in [6.07, 6.45) is 3.16. The molecule has 6 nitrogen and oxygen atoms in total. The van der Waals surface area contributed by atoms with E-state index in [0.717, 1.165) is 16.6 Å². The van der Waals surface area contributed by atoms with Crippen molar-refractivity contribution in [2.24, 2.45) is 0 Å². The number of rotatable bonds is 2. The van der Waals surface area contributed by atoms with E-state index in [9.17, 15) is 4.79 Å². The lowest BCUT2D eigenvalue weighted by Gasteiger charge is -2.10. The molecule has 130 valence electrons. The number of aromatic nitrogens is 5. The smallest absolute Gasteiger partial charge is 0.209 e. The minimum atomic E-state index is -0.189. The molecule has 0 unspecified atom stereocenters. The number of imidazole rings is 1. The largest absolute Gasteiger partial charge is 0.345 e. The first-order chi connectivity index (χ1) is 13.2. The maximum absolute atomic E-state index is 12.3. The van der Waals surface area contributed by atoms with Gasteiger partial charge in [0.1, 0.15) is 5.52 Å². The van der Waals surface area contributed by atoms with Gasteiger partial charge in [-0.05, 0) is 12.1 Å². The van der Waals surface area contributed by atoms with E-state index in [1.165, 1.54) is 6.07 Å². The second-order valence-electron chi connectivity index (χ2n) is 6.08. The van der Waals surface area contributed by atoms with Crippen molar-refractivity contribution in [3.05, 3.63) is 76.3 Å². The van der Waals surface area contributed by atoms with Crippen molar-refractivity contribution in [3.8, 4) is 22.5 Å². The van der Waals surface area contributed by atoms with Crippen molar-refractivity contribution >= 4 is 33.8 Å². The number of hydrogen-bond acceptors (Lipinski definition) is 4. The fourth-order valence-electron chi connectivity index (χ4n) is 3.13. The monoisotopic (exact) mass is 373 g/mol. The molecule has 0 aliphatic heterocycles. The number of nitrogens with one attached hydrogen (secondary N) is 2. The lowest BCUT2D eigenvalue weighted by atomic mass is 10.0. The van der Waals surface area contributed by atoms with Crippen LogP contribution in [0.1, 0.15) is 0 Å². The molecule has 0 radical (unpaired) electrons. The van der Waals surface area contributed by atoms with E-state index in [1.54, 1.807) is 18.6 Å². The summed E-state index contributed by atoms with van der Waals surface area (Å²) < 4.78 is 0. The zero-order chi connectivity index (χ0) is 18.4. The molecule has 2 N–H and O–H groups in total. The number of aromatic amines is 2. The van der Waals surface area contributed by atoms with Gasteiger partial charge in [-0.15, -0.1) is 0 Å². The van der Waals surface area contributed by atoms with Crippen LogP contribution >= 0.6 is 11.6 Å². The molecule has 5 aromatic rings. The van der Waals surface area contributed by atoms with Crippen LogP contribution in [-0.2, 0) is 0 Å². The number of nitrogens with zero attached hydrogens (tertiary/aromatic N) is 3. The number of benzene rings is 2. The summed E-state index contributed by atoms with van der Waals surface area (Å²) in [6.45, 7) is 0. The molecule has 0 fully saturated rings. The summed E-state index contributed by atoms with van der Waals surface area (Å²) >= 11 is 6.40. The van der Waals surface area contributed by atoms with Gasteiger partial charge in [0.25, 0.3) is 0 Å². The van der Waals surface area contributed by atoms with Crippen LogP contribution in [0.2, 0.25) is 5.02 Å². The standard InChI is InChI=1S/C20H12ClN5O/c21-13-8-12(9-14-18(13)24-10-23-14)17-16(11-4-2-1-3-5-11)26-20-19(25-17)15(27)6-7-22-20/h1-10H,(H,23,24)(H,22,26,27). The van der Waals surface area contributed by atoms with E-state index in [-0.39, 0.29) is 10.9 Å². The van der Waals surface area contributed by atoms with Crippen molar-refractivity contribution in [1.82, 2.24) is 24.9 Å². The average Bonchev–Trinajstić information content (AvgIpc) is 3.17. The highest BCUT2D eigenvalue weighted by atomic mass is 35.5. The van der Waals surface area contributed by atoms with E-state index in [1.807, 2.05) is 36.4 Å². The van der Waals surface area contributed by atoms with Gasteiger partial charge in [0.15, 0.2) is 11.2 Å². The SMILES string of the molecule is O=c1cc[nH]c2nc(-c3ccccc3)c(-c3cc(Cl)c4nc[nH]c4c3)nc12. The van der Waals surface area contributed by atoms with Crippen molar-refractivity contribution in [2.45, 2.75) is 0 Å². The predicted octanol–water partition coefficient (Wildman–Crippen LogP) is 4.18. The predicted molar refractivity (Wildman–Crippen MR) is 106 cm³/mol. The van der Waals surface area contributed by atoms with Crippen LogP contribution in [0.4, 0.5) is 0 Å². The third-order valence-corrected chi connectivity index (χ3v) is 4.67. The Morgan fingerprint density at radius 2 is 1.67 bits per heavy atom. The Morgan fingerprint density at radius 1 is 0.852 bits per heavy atom. The fraction of sp³-hybridized carbons (Fsp3) is 0. The number of halogens is 1. The highest BCUT2D eigenvalue weighted by Gasteiger charge is 2.16. The molecule has 0 aliphatic rings. The lowest BCUT2D eigenvalue weighted by Crippen LogP contribution is -2.06. The van der Waals surface area contributed by atoms with Crippen LogP contribution < -0.4 is 5.43 Å². The molecular weight excluding hydrogens is 362 g/mol. The Morgan fingerprint density at radius 3 is 2.52 bits per heavy atom. The molecule has 5 rings (SSSR count). The summed E-state index contributed by atoms with van der Waals surface area (Å²) in [5, 5.41) is 0.506. The van der Waals surface area contributed by atoms with Gasteiger partial charge in [0.05, 0.1) is 28.3 Å². The third kappa shape index (κ3) is 2.58. The first kappa shape index (κ1) is 15.7. The van der Waals surface area contributed by atoms with E-state index in [4.69, 9.17) is 16.6 Å². The lowest BCUT2D eigenvalue weighted by molar-refractivity contribution is 1.22. The molecule has 0 spiro atoms. The van der Waals surface area contributed by atoms with Gasteiger partial charge >= 0.3 is 0 Å². The van der Waals surface area contributed by atoms with Gasteiger partial charge in [-0.1, -0.05) is 41.9 Å². The van der Waals surface area contributed by atoms with E-state index in [2.05, 4.69) is 19.9 Å². The van der Waals surface area contributed by atoms with E-state index in [0.29, 0.717) is 27.6 Å². The number of pyridine rings is 1. The molecule has 0 saturated heterocycles. The molecule has 0 saturated carbocycles. The highest BCUT2D eigenvalue weighted by molar-refractivity contribution is 6.35. The molecule has 0 bridgehead atoms. The van der Waals surface area contributed by atoms with Crippen molar-refractivity contribution in [1.29, 1.82) is 0 Å². The summed E-state index contributed by atoms with van der Waals surface area (Å²) in [5.74, 6) is 0. The van der Waals surface area contributed by atoms with Crippen molar-refractivity contribution in [3.63, 3.8) is 0 Å². The Kier molecular flexibility index (Phi) is 3.51. The van der Waals surface area contributed by atoms with Gasteiger partial charge < -0.3 is 9.97 Å².